The van der Waals surface area contributed by atoms with Crippen LogP contribution in [-0.4, -0.2) is 24.4 Å². The fourth-order valence-electron chi connectivity index (χ4n) is 1.72. The minimum absolute atomic E-state index is 0.255. The highest BCUT2D eigenvalue weighted by Gasteiger charge is 2.06. The minimum Gasteiger partial charge on any atom is -0.465 e. The van der Waals surface area contributed by atoms with Gasteiger partial charge in [-0.15, -0.1) is 0 Å². The maximum Gasteiger partial charge on any atom is 0.337 e. The molecule has 0 atom stereocenters. The lowest BCUT2D eigenvalue weighted by molar-refractivity contribution is 0.0601. The van der Waals surface area contributed by atoms with Crippen LogP contribution in [0.5, 0.6) is 0 Å². The normalized spacial score (nSPS) is 10.3. The Morgan fingerprint density at radius 1 is 1.26 bits per heavy atom. The summed E-state index contributed by atoms with van der Waals surface area (Å²) in [6.07, 6.45) is 1.51. The Labute approximate surface area is 138 Å². The van der Waals surface area contributed by atoms with Gasteiger partial charge in [-0.2, -0.15) is 5.10 Å². The molecule has 0 aliphatic heterocycles. The Morgan fingerprint density at radius 2 is 2.00 bits per heavy atom. The van der Waals surface area contributed by atoms with Crippen LogP contribution in [0.25, 0.3) is 0 Å². The minimum atomic E-state index is -0.429. The Bertz CT molecular complexity index is 732. The summed E-state index contributed by atoms with van der Waals surface area (Å²) in [5.74, 6) is -0.736. The van der Waals surface area contributed by atoms with Crippen LogP contribution < -0.4 is 10.7 Å². The molecule has 0 saturated carbocycles. The van der Waals surface area contributed by atoms with E-state index in [1.165, 1.54) is 25.5 Å². The van der Waals surface area contributed by atoms with Crippen LogP contribution in [0, 0.1) is 5.82 Å². The molecule has 2 rings (SSSR count). The number of benzene rings is 2. The summed E-state index contributed by atoms with van der Waals surface area (Å²) in [6, 6.07) is 12.6. The molecule has 23 heavy (non-hydrogen) atoms. The van der Waals surface area contributed by atoms with Crippen LogP contribution in [-0.2, 0) is 4.74 Å². The zero-order chi connectivity index (χ0) is 16.7. The second kappa shape index (κ2) is 8.00. The Balaban J connectivity index is 1.92. The van der Waals surface area contributed by atoms with E-state index in [0.29, 0.717) is 11.3 Å². The molecule has 0 saturated heterocycles. The fraction of sp³-hybridized carbons (Fsp3) is 0.0625. The maximum absolute atomic E-state index is 12.8. The van der Waals surface area contributed by atoms with Crippen molar-refractivity contribution in [3.63, 3.8) is 0 Å². The Morgan fingerprint density at radius 3 is 2.70 bits per heavy atom. The van der Waals surface area contributed by atoms with Crippen LogP contribution in [0.2, 0.25) is 0 Å². The number of carbonyl (C=O) groups excluding carboxylic acids is 1. The van der Waals surface area contributed by atoms with Gasteiger partial charge >= 0.3 is 5.97 Å². The largest absolute Gasteiger partial charge is 0.465 e. The SMILES string of the molecule is COC(=O)c1cccc(NC(=S)N/N=C\c2ccc(F)cc2)c1. The number of nitrogens with one attached hydrogen (secondary N) is 2. The highest BCUT2D eigenvalue weighted by molar-refractivity contribution is 7.80. The number of rotatable bonds is 4. The summed E-state index contributed by atoms with van der Waals surface area (Å²) in [5.41, 5.74) is 4.41. The quantitative estimate of drug-likeness (QED) is 0.390. The predicted octanol–water partition coefficient (Wildman–Crippen LogP) is 2.93. The van der Waals surface area contributed by atoms with Crippen molar-refractivity contribution in [1.29, 1.82) is 0 Å². The van der Waals surface area contributed by atoms with Gasteiger partial charge in [0.05, 0.1) is 18.9 Å². The van der Waals surface area contributed by atoms with Gasteiger partial charge in [0.15, 0.2) is 5.11 Å². The molecule has 7 heteroatoms. The van der Waals surface area contributed by atoms with Gasteiger partial charge in [-0.25, -0.2) is 9.18 Å². The summed E-state index contributed by atoms with van der Waals surface area (Å²) in [5, 5.41) is 7.10. The second-order valence-electron chi connectivity index (χ2n) is 4.45. The predicted molar refractivity (Wildman–Crippen MR) is 91.1 cm³/mol. The van der Waals surface area contributed by atoms with Crippen molar-refractivity contribution in [3.8, 4) is 0 Å². The topological polar surface area (TPSA) is 62.7 Å². The molecule has 118 valence electrons. The molecule has 0 fully saturated rings. The lowest BCUT2D eigenvalue weighted by atomic mass is 10.2. The first-order valence-electron chi connectivity index (χ1n) is 6.62. The van der Waals surface area contributed by atoms with Gasteiger partial charge < -0.3 is 10.1 Å². The smallest absolute Gasteiger partial charge is 0.337 e. The zero-order valence-corrected chi connectivity index (χ0v) is 13.1. The summed E-state index contributed by atoms with van der Waals surface area (Å²) in [6.45, 7) is 0. The van der Waals surface area contributed by atoms with E-state index in [-0.39, 0.29) is 10.9 Å². The number of esters is 1. The Kier molecular flexibility index (Phi) is 5.76. The number of hydrogen-bond acceptors (Lipinski definition) is 4. The van der Waals surface area contributed by atoms with Crippen molar-refractivity contribution in [2.75, 3.05) is 12.4 Å². The van der Waals surface area contributed by atoms with E-state index >= 15 is 0 Å². The molecule has 0 spiro atoms. The average molecular weight is 331 g/mol. The second-order valence-corrected chi connectivity index (χ2v) is 4.86. The number of methoxy groups -OCH3 is 1. The van der Waals surface area contributed by atoms with Gasteiger partial charge in [-0.05, 0) is 48.1 Å². The van der Waals surface area contributed by atoms with Crippen LogP contribution in [0.4, 0.5) is 10.1 Å². The lowest BCUT2D eigenvalue weighted by Gasteiger charge is -2.08. The molecule has 0 unspecified atom stereocenters. The number of halogens is 1. The number of anilines is 1. The molecule has 5 nitrogen and oxygen atoms in total. The number of hydrogen-bond donors (Lipinski definition) is 2. The van der Waals surface area contributed by atoms with Gasteiger partial charge in [0.1, 0.15) is 5.82 Å². The molecule has 2 N–H and O–H groups in total. The van der Waals surface area contributed by atoms with Gasteiger partial charge in [0.2, 0.25) is 0 Å². The zero-order valence-electron chi connectivity index (χ0n) is 12.2. The molecule has 0 aliphatic rings. The molecule has 0 aliphatic carbocycles. The molecular weight excluding hydrogens is 317 g/mol. The number of nitrogens with zero attached hydrogens (tertiary/aromatic N) is 1. The van der Waals surface area contributed by atoms with E-state index in [4.69, 9.17) is 12.2 Å². The van der Waals surface area contributed by atoms with E-state index in [2.05, 4.69) is 20.6 Å². The lowest BCUT2D eigenvalue weighted by Crippen LogP contribution is -2.24. The van der Waals surface area contributed by atoms with E-state index in [9.17, 15) is 9.18 Å². The summed E-state index contributed by atoms with van der Waals surface area (Å²) in [7, 11) is 1.32. The summed E-state index contributed by atoms with van der Waals surface area (Å²) < 4.78 is 17.4. The van der Waals surface area contributed by atoms with E-state index < -0.39 is 5.97 Å². The number of hydrazone groups is 1. The first kappa shape index (κ1) is 16.6. The maximum atomic E-state index is 12.8. The number of carbonyl (C=O) groups is 1. The standard InChI is InChI=1S/C16H14FN3O2S/c1-22-15(21)12-3-2-4-14(9-12)19-16(23)20-18-10-11-5-7-13(17)8-6-11/h2-10H,1H3,(H2,19,20,23)/b18-10-. The highest BCUT2D eigenvalue weighted by Crippen LogP contribution is 2.11. The molecule has 2 aromatic carbocycles. The molecule has 0 aromatic heterocycles. The first-order chi connectivity index (χ1) is 11.1. The van der Waals surface area contributed by atoms with Crippen LogP contribution in [0.15, 0.2) is 53.6 Å². The third-order valence-electron chi connectivity index (χ3n) is 2.79. The molecule has 2 aromatic rings. The molecule has 0 bridgehead atoms. The van der Waals surface area contributed by atoms with Crippen molar-refractivity contribution in [2.24, 2.45) is 5.10 Å². The molecule has 0 heterocycles. The third kappa shape index (κ3) is 5.15. The number of thiocarbonyl (C=S) groups is 1. The van der Waals surface area contributed by atoms with Crippen molar-refractivity contribution in [1.82, 2.24) is 5.43 Å². The van der Waals surface area contributed by atoms with Gasteiger partial charge in [0.25, 0.3) is 0 Å². The molecule has 0 radical (unpaired) electrons. The van der Waals surface area contributed by atoms with Crippen LogP contribution >= 0.6 is 12.2 Å². The van der Waals surface area contributed by atoms with E-state index in [1.807, 2.05) is 0 Å². The van der Waals surface area contributed by atoms with Crippen LogP contribution in [0.1, 0.15) is 15.9 Å². The van der Waals surface area contributed by atoms with Gasteiger partial charge in [0, 0.05) is 5.69 Å². The average Bonchev–Trinajstić information content (AvgIpc) is 2.56. The summed E-state index contributed by atoms with van der Waals surface area (Å²) in [4.78, 5) is 11.5. The monoisotopic (exact) mass is 331 g/mol. The van der Waals surface area contributed by atoms with E-state index in [0.717, 1.165) is 5.56 Å². The number of ether oxygens (including phenoxy) is 1. The highest BCUT2D eigenvalue weighted by atomic mass is 32.1. The van der Waals surface area contributed by atoms with E-state index in [1.54, 1.807) is 36.4 Å². The summed E-state index contributed by atoms with van der Waals surface area (Å²) >= 11 is 5.10. The van der Waals surface area contributed by atoms with Crippen LogP contribution in [0.3, 0.4) is 0 Å². The van der Waals surface area contributed by atoms with Crippen molar-refractivity contribution in [3.05, 3.63) is 65.5 Å². The van der Waals surface area contributed by atoms with Gasteiger partial charge in [-0.3, -0.25) is 5.43 Å². The molecular formula is C16H14FN3O2S. The van der Waals surface area contributed by atoms with Gasteiger partial charge in [-0.1, -0.05) is 18.2 Å². The fourth-order valence-corrected chi connectivity index (χ4v) is 1.89. The van der Waals surface area contributed by atoms with Crippen molar-refractivity contribution < 1.29 is 13.9 Å². The Hall–Kier alpha value is -2.80. The van der Waals surface area contributed by atoms with Crippen molar-refractivity contribution in [2.45, 2.75) is 0 Å². The van der Waals surface area contributed by atoms with Crippen molar-refractivity contribution >= 4 is 35.2 Å². The molecule has 0 amide bonds. The first-order valence-corrected chi connectivity index (χ1v) is 7.03. The third-order valence-corrected chi connectivity index (χ3v) is 2.98.